The number of nitrogens with one attached hydrogen (secondary N) is 1. The van der Waals surface area contributed by atoms with Gasteiger partial charge in [-0.3, -0.25) is 0 Å². The van der Waals surface area contributed by atoms with Gasteiger partial charge in [0.25, 0.3) is 0 Å². The monoisotopic (exact) mass is 221 g/mol. The van der Waals surface area contributed by atoms with Crippen molar-refractivity contribution in [1.29, 1.82) is 0 Å². The van der Waals surface area contributed by atoms with E-state index in [0.29, 0.717) is 5.92 Å². The van der Waals surface area contributed by atoms with Crippen LogP contribution in [0.25, 0.3) is 0 Å². The quantitative estimate of drug-likeness (QED) is 0.815. The zero-order valence-electron chi connectivity index (χ0n) is 9.70. The molecule has 0 saturated carbocycles. The molecule has 3 nitrogen and oxygen atoms in total. The lowest BCUT2D eigenvalue weighted by atomic mass is 9.90. The van der Waals surface area contributed by atoms with Crippen molar-refractivity contribution in [3.05, 3.63) is 29.3 Å². The highest BCUT2D eigenvalue weighted by molar-refractivity contribution is 5.43. The molecule has 88 valence electrons. The zero-order chi connectivity index (χ0) is 11.4. The van der Waals surface area contributed by atoms with Crippen molar-refractivity contribution in [2.75, 3.05) is 20.2 Å². The highest BCUT2D eigenvalue weighted by Crippen LogP contribution is 2.33. The van der Waals surface area contributed by atoms with Gasteiger partial charge in [0.2, 0.25) is 0 Å². The van der Waals surface area contributed by atoms with Gasteiger partial charge < -0.3 is 15.2 Å². The van der Waals surface area contributed by atoms with E-state index in [2.05, 4.69) is 11.4 Å². The molecule has 1 atom stereocenters. The first kappa shape index (κ1) is 11.4. The standard InChI is InChI=1S/C13H19NO2/c1-16-13-11(9-15)4-2-6-12(13)10-5-3-7-14-8-10/h2,4,6,10,14-15H,3,5,7-9H2,1H3. The van der Waals surface area contributed by atoms with Crippen LogP contribution in [0.3, 0.4) is 0 Å². The van der Waals surface area contributed by atoms with Crippen LogP contribution in [-0.2, 0) is 6.61 Å². The number of aliphatic hydroxyl groups excluding tert-OH is 1. The van der Waals surface area contributed by atoms with Gasteiger partial charge in [0.1, 0.15) is 5.75 Å². The van der Waals surface area contributed by atoms with E-state index in [4.69, 9.17) is 4.74 Å². The van der Waals surface area contributed by atoms with Crippen LogP contribution in [0.4, 0.5) is 0 Å². The number of benzene rings is 1. The molecular weight excluding hydrogens is 202 g/mol. The molecule has 2 rings (SSSR count). The van der Waals surface area contributed by atoms with E-state index >= 15 is 0 Å². The number of hydrogen-bond acceptors (Lipinski definition) is 3. The Hall–Kier alpha value is -1.06. The van der Waals surface area contributed by atoms with E-state index in [1.165, 1.54) is 18.4 Å². The molecule has 0 radical (unpaired) electrons. The predicted molar refractivity (Wildman–Crippen MR) is 63.8 cm³/mol. The van der Waals surface area contributed by atoms with Gasteiger partial charge in [0.05, 0.1) is 13.7 Å². The molecule has 1 fully saturated rings. The van der Waals surface area contributed by atoms with E-state index in [9.17, 15) is 5.11 Å². The van der Waals surface area contributed by atoms with Crippen molar-refractivity contribution >= 4 is 0 Å². The van der Waals surface area contributed by atoms with Crippen LogP contribution in [0.5, 0.6) is 5.75 Å². The summed E-state index contributed by atoms with van der Waals surface area (Å²) < 4.78 is 5.43. The van der Waals surface area contributed by atoms with Crippen LogP contribution in [0.1, 0.15) is 29.9 Å². The largest absolute Gasteiger partial charge is 0.496 e. The normalized spacial score (nSPS) is 20.8. The first-order valence-electron chi connectivity index (χ1n) is 5.84. The summed E-state index contributed by atoms with van der Waals surface area (Å²) in [6.45, 7) is 2.15. The van der Waals surface area contributed by atoms with Gasteiger partial charge in [-0.05, 0) is 24.9 Å². The van der Waals surface area contributed by atoms with Gasteiger partial charge in [-0.2, -0.15) is 0 Å². The molecule has 1 aromatic carbocycles. The molecule has 1 aliphatic rings. The van der Waals surface area contributed by atoms with Crippen LogP contribution in [0.15, 0.2) is 18.2 Å². The van der Waals surface area contributed by atoms with Gasteiger partial charge in [-0.15, -0.1) is 0 Å². The fourth-order valence-corrected chi connectivity index (χ4v) is 2.42. The van der Waals surface area contributed by atoms with Gasteiger partial charge in [-0.25, -0.2) is 0 Å². The van der Waals surface area contributed by atoms with Crippen molar-refractivity contribution in [2.45, 2.75) is 25.4 Å². The predicted octanol–water partition coefficient (Wildman–Crippen LogP) is 1.65. The molecule has 0 bridgehead atoms. The fraction of sp³-hybridized carbons (Fsp3) is 0.538. The SMILES string of the molecule is COc1c(CO)cccc1C1CCCNC1. The summed E-state index contributed by atoms with van der Waals surface area (Å²) in [4.78, 5) is 0. The third-order valence-corrected chi connectivity index (χ3v) is 3.24. The van der Waals surface area contributed by atoms with Crippen molar-refractivity contribution in [3.8, 4) is 5.75 Å². The van der Waals surface area contributed by atoms with Crippen LogP contribution >= 0.6 is 0 Å². The summed E-state index contributed by atoms with van der Waals surface area (Å²) in [6, 6.07) is 6.02. The summed E-state index contributed by atoms with van der Waals surface area (Å²) in [7, 11) is 1.67. The molecular formula is C13H19NO2. The minimum Gasteiger partial charge on any atom is -0.496 e. The number of para-hydroxylation sites is 1. The molecule has 3 heteroatoms. The summed E-state index contributed by atoms with van der Waals surface area (Å²) in [5.74, 6) is 1.37. The number of hydrogen-bond donors (Lipinski definition) is 2. The Morgan fingerprint density at radius 1 is 1.50 bits per heavy atom. The lowest BCUT2D eigenvalue weighted by Crippen LogP contribution is -2.28. The van der Waals surface area contributed by atoms with Crippen LogP contribution in [0, 0.1) is 0 Å². The van der Waals surface area contributed by atoms with Crippen LogP contribution in [-0.4, -0.2) is 25.3 Å². The Morgan fingerprint density at radius 2 is 2.38 bits per heavy atom. The Bertz CT molecular complexity index is 346. The summed E-state index contributed by atoms with van der Waals surface area (Å²) in [6.07, 6.45) is 2.40. The summed E-state index contributed by atoms with van der Waals surface area (Å²) in [5, 5.41) is 12.7. The highest BCUT2D eigenvalue weighted by atomic mass is 16.5. The Labute approximate surface area is 96.4 Å². The second kappa shape index (κ2) is 5.32. The third kappa shape index (κ3) is 2.20. The van der Waals surface area contributed by atoms with Crippen molar-refractivity contribution in [2.24, 2.45) is 0 Å². The first-order valence-corrected chi connectivity index (χ1v) is 5.84. The zero-order valence-corrected chi connectivity index (χ0v) is 9.70. The molecule has 1 aliphatic heterocycles. The first-order chi connectivity index (χ1) is 7.86. The van der Waals surface area contributed by atoms with E-state index < -0.39 is 0 Å². The Kier molecular flexibility index (Phi) is 3.80. The van der Waals surface area contributed by atoms with E-state index in [0.717, 1.165) is 24.4 Å². The number of aliphatic hydroxyl groups is 1. The highest BCUT2D eigenvalue weighted by Gasteiger charge is 2.20. The molecule has 1 saturated heterocycles. The third-order valence-electron chi connectivity index (χ3n) is 3.24. The molecule has 0 spiro atoms. The average molecular weight is 221 g/mol. The molecule has 0 aromatic heterocycles. The Balaban J connectivity index is 2.30. The molecule has 0 amide bonds. The fourth-order valence-electron chi connectivity index (χ4n) is 2.42. The lowest BCUT2D eigenvalue weighted by Gasteiger charge is -2.25. The molecule has 1 unspecified atom stereocenters. The summed E-state index contributed by atoms with van der Waals surface area (Å²) in [5.41, 5.74) is 2.10. The lowest BCUT2D eigenvalue weighted by molar-refractivity contribution is 0.272. The number of piperidine rings is 1. The van der Waals surface area contributed by atoms with Crippen molar-refractivity contribution in [3.63, 3.8) is 0 Å². The number of ether oxygens (including phenoxy) is 1. The minimum atomic E-state index is 0.0389. The average Bonchev–Trinajstić information content (AvgIpc) is 2.38. The minimum absolute atomic E-state index is 0.0389. The molecule has 2 N–H and O–H groups in total. The molecule has 0 aliphatic carbocycles. The smallest absolute Gasteiger partial charge is 0.127 e. The van der Waals surface area contributed by atoms with E-state index in [1.54, 1.807) is 7.11 Å². The maximum atomic E-state index is 9.28. The van der Waals surface area contributed by atoms with Gasteiger partial charge in [0, 0.05) is 18.0 Å². The summed E-state index contributed by atoms with van der Waals surface area (Å²) >= 11 is 0. The topological polar surface area (TPSA) is 41.5 Å². The second-order valence-electron chi connectivity index (χ2n) is 4.24. The van der Waals surface area contributed by atoms with Gasteiger partial charge in [0.15, 0.2) is 0 Å². The van der Waals surface area contributed by atoms with Crippen LogP contribution < -0.4 is 10.1 Å². The number of methoxy groups -OCH3 is 1. The second-order valence-corrected chi connectivity index (χ2v) is 4.24. The molecule has 1 heterocycles. The maximum Gasteiger partial charge on any atom is 0.127 e. The van der Waals surface area contributed by atoms with E-state index in [1.807, 2.05) is 12.1 Å². The van der Waals surface area contributed by atoms with Crippen molar-refractivity contribution in [1.82, 2.24) is 5.32 Å². The molecule has 16 heavy (non-hydrogen) atoms. The van der Waals surface area contributed by atoms with Gasteiger partial charge in [-0.1, -0.05) is 18.2 Å². The molecule has 1 aromatic rings. The maximum absolute atomic E-state index is 9.28. The van der Waals surface area contributed by atoms with Crippen LogP contribution in [0.2, 0.25) is 0 Å². The van der Waals surface area contributed by atoms with Crippen molar-refractivity contribution < 1.29 is 9.84 Å². The van der Waals surface area contributed by atoms with E-state index in [-0.39, 0.29) is 6.61 Å². The van der Waals surface area contributed by atoms with Gasteiger partial charge >= 0.3 is 0 Å². The Morgan fingerprint density at radius 3 is 3.00 bits per heavy atom. The number of rotatable bonds is 3.